The molecule has 0 radical (unpaired) electrons. The first-order chi connectivity index (χ1) is 10.0. The number of ether oxygens (including phenoxy) is 2. The highest BCUT2D eigenvalue weighted by molar-refractivity contribution is 7.13. The van der Waals surface area contributed by atoms with Gasteiger partial charge in [0.25, 0.3) is 0 Å². The lowest BCUT2D eigenvalue weighted by Gasteiger charge is -2.08. The molecule has 0 amide bonds. The van der Waals surface area contributed by atoms with Crippen molar-refractivity contribution in [1.82, 2.24) is 4.98 Å². The first kappa shape index (κ1) is 15.5. The van der Waals surface area contributed by atoms with E-state index < -0.39 is 0 Å². The van der Waals surface area contributed by atoms with Gasteiger partial charge in [0.05, 0.1) is 17.7 Å². The van der Waals surface area contributed by atoms with E-state index in [0.29, 0.717) is 18.1 Å². The number of hydrogen-bond donors (Lipinski definition) is 0. The van der Waals surface area contributed by atoms with E-state index in [-0.39, 0.29) is 11.7 Å². The third kappa shape index (κ3) is 3.61. The number of methoxy groups -OCH3 is 1. The standard InChI is InChI=1S/C16H19NO3S/c1-10(2)15-16(11(3)18)21-14(17-15)9-20-13-8-6-5-7-12(13)19-4/h5-8,10H,9H2,1-4H3. The SMILES string of the molecule is COc1ccccc1OCc1nc(C(C)C)c(C(C)=O)s1. The Kier molecular flexibility index (Phi) is 4.96. The van der Waals surface area contributed by atoms with Crippen molar-refractivity contribution < 1.29 is 14.3 Å². The summed E-state index contributed by atoms with van der Waals surface area (Å²) in [7, 11) is 1.61. The topological polar surface area (TPSA) is 48.4 Å². The zero-order valence-corrected chi connectivity index (χ0v) is 13.5. The molecule has 0 aliphatic heterocycles. The molecule has 0 atom stereocenters. The first-order valence-electron chi connectivity index (χ1n) is 6.79. The number of hydrogen-bond acceptors (Lipinski definition) is 5. The highest BCUT2D eigenvalue weighted by atomic mass is 32.1. The van der Waals surface area contributed by atoms with Crippen molar-refractivity contribution in [2.45, 2.75) is 33.3 Å². The summed E-state index contributed by atoms with van der Waals surface area (Å²) in [5.74, 6) is 1.63. The molecule has 0 bridgehead atoms. The van der Waals surface area contributed by atoms with E-state index in [1.165, 1.54) is 11.3 Å². The Bertz CT molecular complexity index is 634. The average Bonchev–Trinajstić information content (AvgIpc) is 2.90. The van der Waals surface area contributed by atoms with Gasteiger partial charge in [0, 0.05) is 6.92 Å². The Morgan fingerprint density at radius 2 is 1.95 bits per heavy atom. The van der Waals surface area contributed by atoms with Crippen LogP contribution in [0.4, 0.5) is 0 Å². The van der Waals surface area contributed by atoms with E-state index in [1.54, 1.807) is 14.0 Å². The number of Topliss-reactive ketones (excluding diaryl/α,β-unsaturated/α-hetero) is 1. The molecule has 0 spiro atoms. The molecule has 4 nitrogen and oxygen atoms in total. The van der Waals surface area contributed by atoms with E-state index in [1.807, 2.05) is 38.1 Å². The second kappa shape index (κ2) is 6.72. The molecule has 21 heavy (non-hydrogen) atoms. The molecule has 0 N–H and O–H groups in total. The molecule has 0 saturated carbocycles. The Hall–Kier alpha value is -1.88. The lowest BCUT2D eigenvalue weighted by Crippen LogP contribution is -1.99. The molecule has 0 fully saturated rings. The summed E-state index contributed by atoms with van der Waals surface area (Å²) in [5.41, 5.74) is 0.853. The van der Waals surface area contributed by atoms with Crippen LogP contribution in [-0.2, 0) is 6.61 Å². The number of carbonyl (C=O) groups excluding carboxylic acids is 1. The van der Waals surface area contributed by atoms with Crippen LogP contribution in [0.2, 0.25) is 0 Å². The van der Waals surface area contributed by atoms with Gasteiger partial charge in [-0.05, 0) is 18.1 Å². The predicted molar refractivity (Wildman–Crippen MR) is 83.5 cm³/mol. The van der Waals surface area contributed by atoms with E-state index in [2.05, 4.69) is 4.98 Å². The summed E-state index contributed by atoms with van der Waals surface area (Å²) < 4.78 is 11.0. The van der Waals surface area contributed by atoms with E-state index in [9.17, 15) is 4.79 Å². The van der Waals surface area contributed by atoms with Gasteiger partial charge in [0.2, 0.25) is 0 Å². The maximum atomic E-state index is 11.7. The molecular formula is C16H19NO3S. The number of benzene rings is 1. The van der Waals surface area contributed by atoms with Gasteiger partial charge in [-0.3, -0.25) is 4.79 Å². The molecule has 2 rings (SSSR count). The molecule has 0 aliphatic carbocycles. The Morgan fingerprint density at radius 3 is 2.48 bits per heavy atom. The Morgan fingerprint density at radius 1 is 1.29 bits per heavy atom. The summed E-state index contributed by atoms with van der Waals surface area (Å²) in [5, 5.41) is 0.801. The van der Waals surface area contributed by atoms with Crippen LogP contribution >= 0.6 is 11.3 Å². The van der Waals surface area contributed by atoms with Crippen LogP contribution in [0, 0.1) is 0 Å². The van der Waals surface area contributed by atoms with Crippen molar-refractivity contribution in [1.29, 1.82) is 0 Å². The highest BCUT2D eigenvalue weighted by Crippen LogP contribution is 2.29. The van der Waals surface area contributed by atoms with E-state index in [4.69, 9.17) is 9.47 Å². The monoisotopic (exact) mass is 305 g/mol. The van der Waals surface area contributed by atoms with Crippen LogP contribution < -0.4 is 9.47 Å². The predicted octanol–water partition coefficient (Wildman–Crippen LogP) is 4.06. The minimum atomic E-state index is 0.0553. The smallest absolute Gasteiger partial charge is 0.171 e. The minimum Gasteiger partial charge on any atom is -0.493 e. The van der Waals surface area contributed by atoms with Crippen molar-refractivity contribution in [2.24, 2.45) is 0 Å². The number of rotatable bonds is 6. The third-order valence-corrected chi connectivity index (χ3v) is 4.13. The van der Waals surface area contributed by atoms with Crippen LogP contribution in [0.3, 0.4) is 0 Å². The molecule has 1 aromatic heterocycles. The fraction of sp³-hybridized carbons (Fsp3) is 0.375. The van der Waals surface area contributed by atoms with Crippen molar-refractivity contribution in [3.05, 3.63) is 39.8 Å². The quantitative estimate of drug-likeness (QED) is 0.755. The molecule has 0 unspecified atom stereocenters. The summed E-state index contributed by atoms with van der Waals surface area (Å²) in [4.78, 5) is 16.9. The molecule has 5 heteroatoms. The number of ketones is 1. The number of aromatic nitrogens is 1. The molecular weight excluding hydrogens is 286 g/mol. The average molecular weight is 305 g/mol. The summed E-state index contributed by atoms with van der Waals surface area (Å²) in [6, 6.07) is 7.47. The number of thiazole rings is 1. The van der Waals surface area contributed by atoms with Gasteiger partial charge in [0.1, 0.15) is 11.6 Å². The van der Waals surface area contributed by atoms with Gasteiger partial charge < -0.3 is 9.47 Å². The second-order valence-electron chi connectivity index (χ2n) is 4.97. The van der Waals surface area contributed by atoms with Gasteiger partial charge in [-0.15, -0.1) is 11.3 Å². The van der Waals surface area contributed by atoms with Crippen LogP contribution in [0.1, 0.15) is 47.1 Å². The molecule has 1 aromatic carbocycles. The van der Waals surface area contributed by atoms with Gasteiger partial charge in [-0.25, -0.2) is 4.98 Å². The number of carbonyl (C=O) groups is 1. The van der Waals surface area contributed by atoms with Gasteiger partial charge in [0.15, 0.2) is 17.3 Å². The summed E-state index contributed by atoms with van der Waals surface area (Å²) in [6.45, 7) is 5.97. The maximum absolute atomic E-state index is 11.7. The molecule has 0 aliphatic rings. The minimum absolute atomic E-state index is 0.0553. The lowest BCUT2D eigenvalue weighted by atomic mass is 10.1. The molecule has 1 heterocycles. The normalized spacial score (nSPS) is 10.7. The van der Waals surface area contributed by atoms with Crippen molar-refractivity contribution in [3.63, 3.8) is 0 Å². The van der Waals surface area contributed by atoms with E-state index in [0.717, 1.165) is 15.6 Å². The zero-order chi connectivity index (χ0) is 15.4. The highest BCUT2D eigenvalue weighted by Gasteiger charge is 2.18. The van der Waals surface area contributed by atoms with Crippen molar-refractivity contribution in [2.75, 3.05) is 7.11 Å². The van der Waals surface area contributed by atoms with Crippen molar-refractivity contribution >= 4 is 17.1 Å². The van der Waals surface area contributed by atoms with Crippen LogP contribution in [0.15, 0.2) is 24.3 Å². The summed E-state index contributed by atoms with van der Waals surface area (Å²) >= 11 is 1.40. The van der Waals surface area contributed by atoms with Gasteiger partial charge >= 0.3 is 0 Å². The van der Waals surface area contributed by atoms with Crippen LogP contribution in [0.5, 0.6) is 11.5 Å². The largest absolute Gasteiger partial charge is 0.493 e. The lowest BCUT2D eigenvalue weighted by molar-refractivity contribution is 0.102. The Labute approximate surface area is 128 Å². The molecule has 0 saturated heterocycles. The number of nitrogens with zero attached hydrogens (tertiary/aromatic N) is 1. The second-order valence-corrected chi connectivity index (χ2v) is 6.06. The molecule has 112 valence electrons. The maximum Gasteiger partial charge on any atom is 0.171 e. The fourth-order valence-electron chi connectivity index (χ4n) is 1.96. The van der Waals surface area contributed by atoms with Crippen LogP contribution in [0.25, 0.3) is 0 Å². The zero-order valence-electron chi connectivity index (χ0n) is 12.7. The Balaban J connectivity index is 2.17. The van der Waals surface area contributed by atoms with E-state index >= 15 is 0 Å². The number of para-hydroxylation sites is 2. The molecule has 2 aromatic rings. The summed E-state index contributed by atoms with van der Waals surface area (Å²) in [6.07, 6.45) is 0. The van der Waals surface area contributed by atoms with Crippen molar-refractivity contribution in [3.8, 4) is 11.5 Å². The van der Waals surface area contributed by atoms with Gasteiger partial charge in [-0.2, -0.15) is 0 Å². The fourth-order valence-corrected chi connectivity index (χ4v) is 2.99. The van der Waals surface area contributed by atoms with Gasteiger partial charge in [-0.1, -0.05) is 26.0 Å². The first-order valence-corrected chi connectivity index (χ1v) is 7.61. The third-order valence-electron chi connectivity index (χ3n) is 2.98. The van der Waals surface area contributed by atoms with Crippen LogP contribution in [-0.4, -0.2) is 17.9 Å².